The molecule has 2 heterocycles. The first-order chi connectivity index (χ1) is 14.8. The zero-order valence-electron chi connectivity index (χ0n) is 20.2. The van der Waals surface area contributed by atoms with E-state index >= 15 is 0 Å². The van der Waals surface area contributed by atoms with Gasteiger partial charge < -0.3 is 9.47 Å². The van der Waals surface area contributed by atoms with E-state index in [1.54, 1.807) is 12.4 Å². The summed E-state index contributed by atoms with van der Waals surface area (Å²) in [7, 11) is 0. The van der Waals surface area contributed by atoms with E-state index in [9.17, 15) is 0 Å². The number of nitrogens with zero attached hydrogens (tertiary/aromatic N) is 2. The fourth-order valence-corrected chi connectivity index (χ4v) is 3.43. The number of pyridine rings is 2. The van der Waals surface area contributed by atoms with Crippen LogP contribution in [0.25, 0.3) is 11.4 Å². The first-order valence-electron chi connectivity index (χ1n) is 12.0. The Labute approximate surface area is 228 Å². The summed E-state index contributed by atoms with van der Waals surface area (Å²) in [5.74, 6) is 1.71. The van der Waals surface area contributed by atoms with Gasteiger partial charge in [0.2, 0.25) is 0 Å². The molecule has 2 aromatic rings. The van der Waals surface area contributed by atoms with Crippen molar-refractivity contribution in [1.29, 1.82) is 0 Å². The molecular formula is C26H42Cl2N2O2Pt+4. The van der Waals surface area contributed by atoms with Gasteiger partial charge in [-0.25, -0.2) is 0 Å². The Balaban J connectivity index is 0. The Hall–Kier alpha value is -0.832. The van der Waals surface area contributed by atoms with Crippen LogP contribution in [0.15, 0.2) is 36.7 Å². The number of unbranched alkanes of at least 4 members (excludes halogenated alkanes) is 10. The van der Waals surface area contributed by atoms with Gasteiger partial charge in [-0.15, -0.1) is 24.8 Å². The quantitative estimate of drug-likeness (QED) is 0.157. The predicted molar refractivity (Wildman–Crippen MR) is 140 cm³/mol. The van der Waals surface area contributed by atoms with E-state index in [2.05, 4.69) is 23.8 Å². The Bertz CT molecular complexity index is 648. The Morgan fingerprint density at radius 3 is 1.33 bits per heavy atom. The van der Waals surface area contributed by atoms with Gasteiger partial charge in [0.15, 0.2) is 0 Å². The summed E-state index contributed by atoms with van der Waals surface area (Å²) in [4.78, 5) is 8.94. The van der Waals surface area contributed by atoms with Crippen LogP contribution < -0.4 is 9.47 Å². The van der Waals surface area contributed by atoms with Crippen molar-refractivity contribution in [2.45, 2.75) is 90.9 Å². The summed E-state index contributed by atoms with van der Waals surface area (Å²) in [6.45, 7) is 6.00. The first-order valence-corrected chi connectivity index (χ1v) is 12.0. The molecule has 0 saturated heterocycles. The van der Waals surface area contributed by atoms with Crippen molar-refractivity contribution < 1.29 is 30.5 Å². The molecule has 0 aliphatic rings. The van der Waals surface area contributed by atoms with E-state index in [1.807, 2.05) is 24.3 Å². The molecule has 0 bridgehead atoms. The van der Waals surface area contributed by atoms with E-state index in [0.29, 0.717) is 0 Å². The number of rotatable bonds is 17. The second-order valence-electron chi connectivity index (χ2n) is 7.99. The zero-order chi connectivity index (χ0) is 21.3. The van der Waals surface area contributed by atoms with Gasteiger partial charge in [-0.05, 0) is 25.0 Å². The van der Waals surface area contributed by atoms with Crippen LogP contribution in [-0.2, 0) is 21.1 Å². The molecule has 0 aromatic carbocycles. The maximum Gasteiger partial charge on any atom is 4.00 e. The van der Waals surface area contributed by atoms with Crippen molar-refractivity contribution in [3.63, 3.8) is 0 Å². The van der Waals surface area contributed by atoms with Crippen molar-refractivity contribution in [3.8, 4) is 22.9 Å². The first kappa shape index (κ1) is 34.3. The normalized spacial score (nSPS) is 9.88. The van der Waals surface area contributed by atoms with Gasteiger partial charge in [-0.2, -0.15) is 0 Å². The third-order valence-electron chi connectivity index (χ3n) is 5.26. The molecule has 2 aromatic heterocycles. The van der Waals surface area contributed by atoms with Crippen molar-refractivity contribution in [2.75, 3.05) is 13.2 Å². The smallest absolute Gasteiger partial charge is 0.493 e. The van der Waals surface area contributed by atoms with Crippen LogP contribution in [0.1, 0.15) is 90.9 Å². The molecule has 2 rings (SSSR count). The molecule has 33 heavy (non-hydrogen) atoms. The van der Waals surface area contributed by atoms with Crippen LogP contribution in [0, 0.1) is 0 Å². The fraction of sp³-hybridized carbons (Fsp3) is 0.615. The van der Waals surface area contributed by atoms with Crippen LogP contribution in [0.5, 0.6) is 11.5 Å². The number of hydrogen-bond acceptors (Lipinski definition) is 4. The summed E-state index contributed by atoms with van der Waals surface area (Å²) < 4.78 is 11.9. The minimum Gasteiger partial charge on any atom is -0.493 e. The van der Waals surface area contributed by atoms with E-state index < -0.39 is 0 Å². The third kappa shape index (κ3) is 15.6. The minimum absolute atomic E-state index is 0. The van der Waals surface area contributed by atoms with Gasteiger partial charge in [0.25, 0.3) is 0 Å². The van der Waals surface area contributed by atoms with Crippen LogP contribution in [0.4, 0.5) is 0 Å². The molecule has 0 N–H and O–H groups in total. The Morgan fingerprint density at radius 2 is 0.939 bits per heavy atom. The number of hydrogen-bond donors (Lipinski definition) is 0. The van der Waals surface area contributed by atoms with Crippen LogP contribution >= 0.6 is 24.8 Å². The molecule has 0 saturated carbocycles. The van der Waals surface area contributed by atoms with Gasteiger partial charge >= 0.3 is 21.1 Å². The minimum atomic E-state index is 0. The molecule has 7 heteroatoms. The molecule has 0 fully saturated rings. The molecule has 0 spiro atoms. The summed E-state index contributed by atoms with van der Waals surface area (Å²) in [6.07, 6.45) is 18.8. The SMILES string of the molecule is CCCCCCCCOc1ccnc(-c2cc(OCCCCCCCC)ccn2)c1.Cl.Cl.[Pt+4]. The van der Waals surface area contributed by atoms with Crippen molar-refractivity contribution in [2.24, 2.45) is 0 Å². The summed E-state index contributed by atoms with van der Waals surface area (Å²) in [5.41, 5.74) is 1.64. The average Bonchev–Trinajstić information content (AvgIpc) is 2.78. The molecule has 4 nitrogen and oxygen atoms in total. The van der Waals surface area contributed by atoms with E-state index in [4.69, 9.17) is 9.47 Å². The van der Waals surface area contributed by atoms with Crippen LogP contribution in [-0.4, -0.2) is 23.2 Å². The largest absolute Gasteiger partial charge is 4.00 e. The van der Waals surface area contributed by atoms with Gasteiger partial charge in [0.05, 0.1) is 24.6 Å². The number of aromatic nitrogens is 2. The molecule has 0 amide bonds. The molecule has 0 aliphatic carbocycles. The van der Waals surface area contributed by atoms with Crippen LogP contribution in [0.2, 0.25) is 0 Å². The molecule has 0 aliphatic heterocycles. The second kappa shape index (κ2) is 22.9. The number of ether oxygens (including phenoxy) is 2. The maximum atomic E-state index is 5.93. The Kier molecular flexibility index (Phi) is 23.9. The predicted octanol–water partition coefficient (Wildman–Crippen LogP) is 8.46. The topological polar surface area (TPSA) is 44.2 Å². The monoisotopic (exact) mass is 679 g/mol. The Morgan fingerprint density at radius 1 is 0.576 bits per heavy atom. The summed E-state index contributed by atoms with van der Waals surface area (Å²) >= 11 is 0. The van der Waals surface area contributed by atoms with E-state index in [0.717, 1.165) is 48.9 Å². The molecule has 0 atom stereocenters. The third-order valence-corrected chi connectivity index (χ3v) is 5.26. The van der Waals surface area contributed by atoms with Gasteiger partial charge in [0.1, 0.15) is 11.5 Å². The van der Waals surface area contributed by atoms with Gasteiger partial charge in [-0.1, -0.05) is 78.1 Å². The summed E-state index contributed by atoms with van der Waals surface area (Å²) in [5, 5.41) is 0. The zero-order valence-corrected chi connectivity index (χ0v) is 24.1. The van der Waals surface area contributed by atoms with E-state index in [-0.39, 0.29) is 45.9 Å². The van der Waals surface area contributed by atoms with E-state index in [1.165, 1.54) is 64.2 Å². The standard InChI is InChI=1S/C26H40N2O2.2ClH.Pt/c1-3-5-7-9-11-13-19-29-23-15-17-27-25(21-23)26-22-24(16-18-28-26)30-20-14-12-10-8-6-4-2;;;/h15-18,21-22H,3-14,19-20H2,1-2H3;2*1H;/q;;;+4. The maximum absolute atomic E-state index is 5.93. The molecule has 0 unspecified atom stereocenters. The average molecular weight is 681 g/mol. The molecular weight excluding hydrogens is 638 g/mol. The van der Waals surface area contributed by atoms with Gasteiger partial charge in [0, 0.05) is 24.5 Å². The molecule has 0 radical (unpaired) electrons. The number of halogens is 2. The van der Waals surface area contributed by atoms with Crippen LogP contribution in [0.3, 0.4) is 0 Å². The molecule has 188 valence electrons. The second-order valence-corrected chi connectivity index (χ2v) is 7.99. The van der Waals surface area contributed by atoms with Crippen molar-refractivity contribution >= 4 is 24.8 Å². The fourth-order valence-electron chi connectivity index (χ4n) is 3.43. The van der Waals surface area contributed by atoms with Crippen molar-refractivity contribution in [1.82, 2.24) is 9.97 Å². The van der Waals surface area contributed by atoms with Crippen molar-refractivity contribution in [3.05, 3.63) is 36.7 Å². The van der Waals surface area contributed by atoms with Gasteiger partial charge in [-0.3, -0.25) is 9.97 Å². The summed E-state index contributed by atoms with van der Waals surface area (Å²) in [6, 6.07) is 7.77.